The van der Waals surface area contributed by atoms with Gasteiger partial charge in [-0.05, 0) is 24.3 Å². The first-order valence-electron chi connectivity index (χ1n) is 5.99. The second-order valence-corrected chi connectivity index (χ2v) is 4.12. The molecule has 5 nitrogen and oxygen atoms in total. The van der Waals surface area contributed by atoms with Crippen molar-refractivity contribution in [1.29, 1.82) is 0 Å². The smallest absolute Gasteiger partial charge is 0.217 e. The van der Waals surface area contributed by atoms with E-state index in [1.807, 2.05) is 60.7 Å². The van der Waals surface area contributed by atoms with Gasteiger partial charge >= 0.3 is 0 Å². The van der Waals surface area contributed by atoms with E-state index in [1.165, 1.54) is 5.01 Å². The molecule has 2 radical (unpaired) electrons. The SMILES string of the molecule is OC1NN(c2ccccc2)[C]N1Nc1ccccc1. The largest absolute Gasteiger partial charge is 0.363 e. The second kappa shape index (κ2) is 5.27. The van der Waals surface area contributed by atoms with Crippen LogP contribution in [0.4, 0.5) is 11.4 Å². The van der Waals surface area contributed by atoms with Crippen LogP contribution >= 0.6 is 0 Å². The fourth-order valence-corrected chi connectivity index (χ4v) is 1.81. The standard InChI is InChI=1S/C14H14N4O/c19-14-16-17(13-9-5-2-6-10-13)11-18(14)15-12-7-3-1-4-8-12/h1-10,14-16,19H. The van der Waals surface area contributed by atoms with E-state index in [-0.39, 0.29) is 0 Å². The lowest BCUT2D eigenvalue weighted by molar-refractivity contribution is 0.0479. The van der Waals surface area contributed by atoms with Crippen molar-refractivity contribution in [2.75, 3.05) is 10.4 Å². The molecule has 0 aromatic heterocycles. The molecule has 5 heteroatoms. The number of benzene rings is 2. The lowest BCUT2D eigenvalue weighted by atomic mass is 10.3. The molecule has 19 heavy (non-hydrogen) atoms. The molecule has 0 spiro atoms. The molecule has 1 aliphatic heterocycles. The molecule has 1 atom stereocenters. The molecule has 1 heterocycles. The number of anilines is 2. The van der Waals surface area contributed by atoms with Gasteiger partial charge in [-0.15, -0.1) is 5.01 Å². The number of rotatable bonds is 3. The third kappa shape index (κ3) is 2.68. The lowest BCUT2D eigenvalue weighted by Gasteiger charge is -2.18. The van der Waals surface area contributed by atoms with Crippen molar-refractivity contribution in [3.63, 3.8) is 0 Å². The van der Waals surface area contributed by atoms with E-state index in [2.05, 4.69) is 17.5 Å². The summed E-state index contributed by atoms with van der Waals surface area (Å²) >= 11 is 0. The summed E-state index contributed by atoms with van der Waals surface area (Å²) in [4.78, 5) is 0. The average molecular weight is 254 g/mol. The van der Waals surface area contributed by atoms with Gasteiger partial charge in [0.1, 0.15) is 0 Å². The van der Waals surface area contributed by atoms with Gasteiger partial charge in [0.25, 0.3) is 0 Å². The van der Waals surface area contributed by atoms with Crippen molar-refractivity contribution >= 4 is 11.4 Å². The molecular weight excluding hydrogens is 240 g/mol. The van der Waals surface area contributed by atoms with Crippen LogP contribution in [0.25, 0.3) is 0 Å². The number of hydrogen-bond donors (Lipinski definition) is 3. The fraction of sp³-hybridized carbons (Fsp3) is 0.0714. The van der Waals surface area contributed by atoms with E-state index in [0.29, 0.717) is 0 Å². The Kier molecular flexibility index (Phi) is 3.33. The van der Waals surface area contributed by atoms with E-state index >= 15 is 0 Å². The monoisotopic (exact) mass is 254 g/mol. The third-order valence-corrected chi connectivity index (χ3v) is 2.73. The Bertz CT molecular complexity index is 519. The summed E-state index contributed by atoms with van der Waals surface area (Å²) in [6, 6.07) is 19.3. The van der Waals surface area contributed by atoms with Gasteiger partial charge in [-0.2, -0.15) is 5.43 Å². The molecule has 0 saturated carbocycles. The van der Waals surface area contributed by atoms with Crippen molar-refractivity contribution in [3.8, 4) is 0 Å². The van der Waals surface area contributed by atoms with Crippen molar-refractivity contribution in [2.24, 2.45) is 0 Å². The minimum absolute atomic E-state index is 0.875. The van der Waals surface area contributed by atoms with Gasteiger partial charge in [0.15, 0.2) is 6.35 Å². The summed E-state index contributed by atoms with van der Waals surface area (Å²) in [6.07, 6.45) is -0.875. The van der Waals surface area contributed by atoms with E-state index in [9.17, 15) is 5.11 Å². The summed E-state index contributed by atoms with van der Waals surface area (Å²) in [7, 11) is 0. The normalized spacial score (nSPS) is 19.6. The molecule has 3 rings (SSSR count). The maximum absolute atomic E-state index is 9.93. The van der Waals surface area contributed by atoms with Crippen molar-refractivity contribution in [3.05, 3.63) is 67.3 Å². The highest BCUT2D eigenvalue weighted by Crippen LogP contribution is 2.20. The van der Waals surface area contributed by atoms with Gasteiger partial charge in [-0.1, -0.05) is 36.4 Å². The van der Waals surface area contributed by atoms with E-state index in [1.54, 1.807) is 5.01 Å². The minimum atomic E-state index is -0.875. The molecule has 1 saturated heterocycles. The first-order valence-corrected chi connectivity index (χ1v) is 5.99. The number of nitrogens with zero attached hydrogens (tertiary/aromatic N) is 2. The summed E-state index contributed by atoms with van der Waals surface area (Å²) in [5, 5.41) is 13.0. The van der Waals surface area contributed by atoms with Crippen LogP contribution in [-0.4, -0.2) is 16.5 Å². The zero-order valence-corrected chi connectivity index (χ0v) is 10.2. The molecule has 1 aliphatic rings. The number of hydrogen-bond acceptors (Lipinski definition) is 5. The highest BCUT2D eigenvalue weighted by Gasteiger charge is 2.30. The Morgan fingerprint density at radius 3 is 2.32 bits per heavy atom. The predicted octanol–water partition coefficient (Wildman–Crippen LogP) is 1.61. The summed E-state index contributed by atoms with van der Waals surface area (Å²) < 4.78 is 0. The van der Waals surface area contributed by atoms with E-state index in [0.717, 1.165) is 11.4 Å². The zero-order valence-electron chi connectivity index (χ0n) is 10.2. The molecule has 3 N–H and O–H groups in total. The summed E-state index contributed by atoms with van der Waals surface area (Å²) in [5.41, 5.74) is 7.72. The topological polar surface area (TPSA) is 50.8 Å². The molecule has 0 aliphatic carbocycles. The highest BCUT2D eigenvalue weighted by molar-refractivity contribution is 5.48. The predicted molar refractivity (Wildman–Crippen MR) is 73.2 cm³/mol. The van der Waals surface area contributed by atoms with Crippen LogP contribution in [0.3, 0.4) is 0 Å². The van der Waals surface area contributed by atoms with Gasteiger partial charge in [0.05, 0.1) is 5.69 Å². The second-order valence-electron chi connectivity index (χ2n) is 4.12. The first kappa shape index (κ1) is 12.0. The van der Waals surface area contributed by atoms with Crippen LogP contribution < -0.4 is 15.9 Å². The van der Waals surface area contributed by atoms with E-state index in [4.69, 9.17) is 0 Å². The van der Waals surface area contributed by atoms with Gasteiger partial charge in [-0.3, -0.25) is 5.01 Å². The lowest BCUT2D eigenvalue weighted by Crippen LogP contribution is -2.39. The Balaban J connectivity index is 1.69. The third-order valence-electron chi connectivity index (χ3n) is 2.73. The zero-order chi connectivity index (χ0) is 13.1. The van der Waals surface area contributed by atoms with Crippen LogP contribution in [0.2, 0.25) is 0 Å². The number of aliphatic hydroxyl groups excluding tert-OH is 1. The van der Waals surface area contributed by atoms with Gasteiger partial charge < -0.3 is 10.5 Å². The Morgan fingerprint density at radius 2 is 1.63 bits per heavy atom. The molecular formula is C14H14N4O. The average Bonchev–Trinajstić information content (AvgIpc) is 2.82. The number of hydrazine groups is 2. The molecule has 2 aromatic carbocycles. The van der Waals surface area contributed by atoms with Crippen LogP contribution in [0.1, 0.15) is 0 Å². The minimum Gasteiger partial charge on any atom is -0.363 e. The molecule has 0 amide bonds. The summed E-state index contributed by atoms with van der Waals surface area (Å²) in [5.74, 6) is 0. The maximum Gasteiger partial charge on any atom is 0.217 e. The van der Waals surface area contributed by atoms with Crippen molar-refractivity contribution in [1.82, 2.24) is 10.4 Å². The van der Waals surface area contributed by atoms with Crippen LogP contribution in [-0.2, 0) is 0 Å². The molecule has 2 aromatic rings. The fourth-order valence-electron chi connectivity index (χ4n) is 1.81. The van der Waals surface area contributed by atoms with Crippen LogP contribution in [0.5, 0.6) is 0 Å². The number of para-hydroxylation sites is 2. The first-order chi connectivity index (χ1) is 9.33. The van der Waals surface area contributed by atoms with Gasteiger partial charge in [0, 0.05) is 5.69 Å². The van der Waals surface area contributed by atoms with Crippen LogP contribution in [0, 0.1) is 6.67 Å². The van der Waals surface area contributed by atoms with Crippen molar-refractivity contribution in [2.45, 2.75) is 6.35 Å². The quantitative estimate of drug-likeness (QED) is 0.777. The van der Waals surface area contributed by atoms with Gasteiger partial charge in [-0.25, -0.2) is 0 Å². The number of aliphatic hydroxyl groups is 1. The Labute approximate surface area is 112 Å². The molecule has 1 fully saturated rings. The molecule has 0 bridgehead atoms. The summed E-state index contributed by atoms with van der Waals surface area (Å²) in [6.45, 7) is 3.00. The molecule has 1 unspecified atom stereocenters. The van der Waals surface area contributed by atoms with Gasteiger partial charge in [0.2, 0.25) is 6.67 Å². The van der Waals surface area contributed by atoms with Crippen LogP contribution in [0.15, 0.2) is 60.7 Å². The highest BCUT2D eigenvalue weighted by atomic mass is 16.3. The number of nitrogens with one attached hydrogen (secondary N) is 2. The Morgan fingerprint density at radius 1 is 1.00 bits per heavy atom. The molecule has 96 valence electrons. The maximum atomic E-state index is 9.93. The van der Waals surface area contributed by atoms with Crippen molar-refractivity contribution < 1.29 is 5.11 Å². The Hall–Kier alpha value is -2.08. The van der Waals surface area contributed by atoms with E-state index < -0.39 is 6.35 Å².